The maximum Gasteiger partial charge on any atom is 0.410 e. The summed E-state index contributed by atoms with van der Waals surface area (Å²) in [6.45, 7) is 8.23. The topological polar surface area (TPSA) is 114 Å². The Kier molecular flexibility index (Phi) is 8.20. The van der Waals surface area contributed by atoms with E-state index in [1.54, 1.807) is 49.2 Å². The lowest BCUT2D eigenvalue weighted by molar-refractivity contribution is -0.991. The van der Waals surface area contributed by atoms with E-state index >= 15 is 4.39 Å². The van der Waals surface area contributed by atoms with E-state index in [0.29, 0.717) is 36.4 Å². The average molecular weight is 557 g/mol. The van der Waals surface area contributed by atoms with Crippen molar-refractivity contribution >= 4 is 29.1 Å². The van der Waals surface area contributed by atoms with E-state index in [-0.39, 0.29) is 24.7 Å². The molecular formula is C29H37FN4O6. The van der Waals surface area contributed by atoms with Gasteiger partial charge in [0.25, 0.3) is 5.91 Å². The van der Waals surface area contributed by atoms with Gasteiger partial charge in [-0.15, -0.1) is 0 Å². The van der Waals surface area contributed by atoms with Gasteiger partial charge in [0.1, 0.15) is 17.2 Å². The number of benzene rings is 2. The SMILES string of the molecule is Cc1ccc(-c2ccc(C(=O)N(C)c3ccc(N4CCC(N(C)C(=O)OC(C)(C)C)C4)c(F)c3)o2)c([NH+]([O-])O)c1.[HH]. The van der Waals surface area contributed by atoms with Crippen molar-refractivity contribution in [3.63, 3.8) is 0 Å². The molecule has 2 aromatic carbocycles. The molecule has 11 heteroatoms. The summed E-state index contributed by atoms with van der Waals surface area (Å²) in [5.74, 6) is -0.770. The number of furan rings is 1. The van der Waals surface area contributed by atoms with E-state index in [0.717, 1.165) is 5.56 Å². The number of rotatable bonds is 6. The molecule has 2 atom stereocenters. The Morgan fingerprint density at radius 3 is 2.55 bits per heavy atom. The predicted octanol–water partition coefficient (Wildman–Crippen LogP) is 4.77. The zero-order valence-corrected chi connectivity index (χ0v) is 23.5. The summed E-state index contributed by atoms with van der Waals surface area (Å²) in [7, 11) is 3.19. The Balaban J connectivity index is 0.00000462. The molecule has 2 heterocycles. The summed E-state index contributed by atoms with van der Waals surface area (Å²) in [5.41, 5.74) is 1.32. The first-order valence-corrected chi connectivity index (χ1v) is 13.0. The molecule has 0 radical (unpaired) electrons. The molecule has 0 spiro atoms. The Bertz CT molecular complexity index is 1410. The molecule has 0 aliphatic carbocycles. The zero-order valence-electron chi connectivity index (χ0n) is 23.5. The van der Waals surface area contributed by atoms with Crippen molar-refractivity contribution in [2.24, 2.45) is 0 Å². The van der Waals surface area contributed by atoms with Crippen LogP contribution < -0.4 is 15.0 Å². The van der Waals surface area contributed by atoms with Gasteiger partial charge in [-0.05, 0) is 76.1 Å². The van der Waals surface area contributed by atoms with Gasteiger partial charge in [-0.3, -0.25) is 4.79 Å². The molecule has 40 heavy (non-hydrogen) atoms. The Morgan fingerprint density at radius 1 is 1.18 bits per heavy atom. The van der Waals surface area contributed by atoms with Crippen LogP contribution in [-0.2, 0) is 4.74 Å². The smallest absolute Gasteiger partial charge is 0.410 e. The molecule has 1 aliphatic rings. The van der Waals surface area contributed by atoms with Crippen molar-refractivity contribution in [3.05, 3.63) is 70.9 Å². The minimum Gasteiger partial charge on any atom is -0.595 e. The molecule has 2 unspecified atom stereocenters. The molecule has 1 aromatic heterocycles. The third-order valence-corrected chi connectivity index (χ3v) is 6.84. The number of quaternary nitrogens is 1. The standard InChI is InChI=1S/C29H35FN4O6.H2/c1-18-7-9-21(24(15-18)34(37)38)25-11-12-26(39-25)27(35)31(5)19-8-10-23(22(30)16-19)33-14-13-20(17-33)32(6)28(36)40-29(2,3)4;/h7-12,15-16,20,34,37H,13-14,17H2,1-6H3;1H. The molecule has 10 nitrogen and oxygen atoms in total. The third-order valence-electron chi connectivity index (χ3n) is 6.84. The van der Waals surface area contributed by atoms with Gasteiger partial charge < -0.3 is 29.1 Å². The van der Waals surface area contributed by atoms with Crippen molar-refractivity contribution in [1.29, 1.82) is 0 Å². The van der Waals surface area contributed by atoms with Crippen molar-refractivity contribution in [1.82, 2.24) is 4.90 Å². The highest BCUT2D eigenvalue weighted by Crippen LogP contribution is 2.31. The van der Waals surface area contributed by atoms with Gasteiger partial charge in [-0.25, -0.2) is 14.4 Å². The number of carbonyl (C=O) groups excluding carboxylic acids is 2. The number of nitrogens with zero attached hydrogens (tertiary/aromatic N) is 3. The van der Waals surface area contributed by atoms with Crippen molar-refractivity contribution in [2.75, 3.05) is 37.0 Å². The second-order valence-electron chi connectivity index (χ2n) is 11.0. The predicted molar refractivity (Wildman–Crippen MR) is 151 cm³/mol. The third kappa shape index (κ3) is 6.27. The van der Waals surface area contributed by atoms with Crippen LogP contribution in [0.1, 0.15) is 44.7 Å². The molecule has 216 valence electrons. The summed E-state index contributed by atoms with van der Waals surface area (Å²) >= 11 is 0. The molecule has 0 saturated carbocycles. The normalized spacial score (nSPS) is 16.1. The second kappa shape index (κ2) is 11.3. The first-order chi connectivity index (χ1) is 18.7. The zero-order chi connectivity index (χ0) is 29.4. The summed E-state index contributed by atoms with van der Waals surface area (Å²) in [5, 5.41) is 20.1. The van der Waals surface area contributed by atoms with Gasteiger partial charge in [0.15, 0.2) is 11.4 Å². The molecule has 1 saturated heterocycles. The lowest BCUT2D eigenvalue weighted by atomic mass is 10.1. The van der Waals surface area contributed by atoms with Crippen molar-refractivity contribution in [2.45, 2.75) is 45.8 Å². The number of hydrogen-bond donors (Lipinski definition) is 2. The van der Waals surface area contributed by atoms with Crippen LogP contribution in [0.15, 0.2) is 52.9 Å². The fourth-order valence-electron chi connectivity index (χ4n) is 4.65. The van der Waals surface area contributed by atoms with E-state index in [1.165, 1.54) is 30.1 Å². The Labute approximate surface area is 234 Å². The first kappa shape index (κ1) is 29.1. The van der Waals surface area contributed by atoms with Crippen LogP contribution in [0.2, 0.25) is 0 Å². The number of amides is 2. The maximum absolute atomic E-state index is 15.3. The molecule has 2 N–H and O–H groups in total. The minimum atomic E-state index is -1.10. The first-order valence-electron chi connectivity index (χ1n) is 13.0. The lowest BCUT2D eigenvalue weighted by Gasteiger charge is -2.29. The van der Waals surface area contributed by atoms with Gasteiger partial charge in [-0.2, -0.15) is 5.23 Å². The van der Waals surface area contributed by atoms with Gasteiger partial charge in [0.2, 0.25) is 0 Å². The van der Waals surface area contributed by atoms with Crippen LogP contribution in [0.25, 0.3) is 11.3 Å². The summed E-state index contributed by atoms with van der Waals surface area (Å²) in [6.07, 6.45) is 0.249. The van der Waals surface area contributed by atoms with Crippen LogP contribution in [-0.4, -0.2) is 60.9 Å². The molecular weight excluding hydrogens is 519 g/mol. The van der Waals surface area contributed by atoms with Crippen molar-refractivity contribution < 1.29 is 35.0 Å². The number of ether oxygens (including phenoxy) is 1. The maximum atomic E-state index is 15.3. The molecule has 4 rings (SSSR count). The van der Waals surface area contributed by atoms with E-state index in [9.17, 15) is 20.0 Å². The number of nitrogens with one attached hydrogen (secondary N) is 1. The summed E-state index contributed by atoms with van der Waals surface area (Å²) < 4.78 is 26.4. The van der Waals surface area contributed by atoms with Gasteiger partial charge in [0, 0.05) is 40.4 Å². The van der Waals surface area contributed by atoms with Crippen LogP contribution in [0.5, 0.6) is 0 Å². The van der Waals surface area contributed by atoms with E-state index in [4.69, 9.17) is 9.15 Å². The molecule has 0 bridgehead atoms. The second-order valence-corrected chi connectivity index (χ2v) is 11.0. The van der Waals surface area contributed by atoms with Gasteiger partial charge >= 0.3 is 6.09 Å². The van der Waals surface area contributed by atoms with E-state index < -0.39 is 28.6 Å². The Hall–Kier alpha value is -3.93. The highest BCUT2D eigenvalue weighted by Gasteiger charge is 2.32. The van der Waals surface area contributed by atoms with Gasteiger partial charge in [0.05, 0.1) is 17.3 Å². The Morgan fingerprint density at radius 2 is 1.90 bits per heavy atom. The quantitative estimate of drug-likeness (QED) is 0.421. The van der Waals surface area contributed by atoms with Crippen molar-refractivity contribution in [3.8, 4) is 11.3 Å². The average Bonchev–Trinajstić information content (AvgIpc) is 3.57. The number of likely N-dealkylation sites (N-methyl/N-ethyl adjacent to an activating group) is 1. The van der Waals surface area contributed by atoms with E-state index in [1.807, 2.05) is 25.7 Å². The highest BCUT2D eigenvalue weighted by atomic mass is 19.1. The number of halogens is 1. The van der Waals surface area contributed by atoms with Gasteiger partial charge in [-0.1, -0.05) is 6.07 Å². The molecule has 2 amide bonds. The minimum absolute atomic E-state index is 0. The monoisotopic (exact) mass is 556 g/mol. The fourth-order valence-corrected chi connectivity index (χ4v) is 4.65. The summed E-state index contributed by atoms with van der Waals surface area (Å²) in [4.78, 5) is 30.3. The van der Waals surface area contributed by atoms with Crippen LogP contribution in [0, 0.1) is 17.9 Å². The van der Waals surface area contributed by atoms with E-state index in [2.05, 4.69) is 0 Å². The number of anilines is 2. The number of hydrogen-bond acceptors (Lipinski definition) is 7. The number of carbonyl (C=O) groups is 2. The largest absolute Gasteiger partial charge is 0.595 e. The molecule has 1 fully saturated rings. The van der Waals surface area contributed by atoms with Crippen LogP contribution in [0.3, 0.4) is 0 Å². The van der Waals surface area contributed by atoms with Crippen LogP contribution in [0.4, 0.5) is 26.2 Å². The highest BCUT2D eigenvalue weighted by molar-refractivity contribution is 6.04. The lowest BCUT2D eigenvalue weighted by Crippen LogP contribution is -2.99. The van der Waals surface area contributed by atoms with Crippen LogP contribution >= 0.6 is 0 Å². The molecule has 3 aromatic rings. The number of aryl methyl sites for hydroxylation is 1. The summed E-state index contributed by atoms with van der Waals surface area (Å²) in [6, 6.07) is 12.4. The fraction of sp³-hybridized carbons (Fsp3) is 0.379. The molecule has 1 aliphatic heterocycles.